The number of hydrogen-bond acceptors (Lipinski definition) is 6. The van der Waals surface area contributed by atoms with E-state index in [9.17, 15) is 31.9 Å². The van der Waals surface area contributed by atoms with Crippen LogP contribution in [0.25, 0.3) is 0 Å². The lowest BCUT2D eigenvalue weighted by Crippen LogP contribution is -2.23. The van der Waals surface area contributed by atoms with Gasteiger partial charge in [-0.3, -0.25) is 19.4 Å². The number of para-hydroxylation sites is 1. The lowest BCUT2D eigenvalue weighted by molar-refractivity contribution is -0.137. The summed E-state index contributed by atoms with van der Waals surface area (Å²) in [5.41, 5.74) is 3.23. The van der Waals surface area contributed by atoms with Gasteiger partial charge in [0.2, 0.25) is 5.91 Å². The fourth-order valence-electron chi connectivity index (χ4n) is 2.60. The Kier molecular flexibility index (Phi) is 7.01. The van der Waals surface area contributed by atoms with Gasteiger partial charge in [-0.05, 0) is 36.4 Å². The van der Waals surface area contributed by atoms with Crippen LogP contribution in [0.4, 0.5) is 34.8 Å². The number of alkyl halides is 3. The first-order chi connectivity index (χ1) is 15.5. The standard InChI is InChI=1S/C20H15F4N5O3S/c21-11-7-5-10(6-8-11)17(31)27-15-16(25)28-19(29-18(15)32)33-9-14(30)26-13-4-2-1-3-12(13)20(22,23)24/h1-8H,9H2,(H,26,30)(H,27,31)(H3,25,28,29,32). The minimum atomic E-state index is -4.65. The number of anilines is 3. The van der Waals surface area contributed by atoms with Gasteiger partial charge in [0.15, 0.2) is 11.0 Å². The Morgan fingerprint density at radius 2 is 1.73 bits per heavy atom. The van der Waals surface area contributed by atoms with E-state index in [1.54, 1.807) is 0 Å². The highest BCUT2D eigenvalue weighted by Crippen LogP contribution is 2.34. The third kappa shape index (κ3) is 6.10. The van der Waals surface area contributed by atoms with E-state index in [1.807, 2.05) is 0 Å². The Bertz CT molecular complexity index is 1250. The SMILES string of the molecule is Nc1nc(SCC(=O)Nc2ccccc2C(F)(F)F)[nH]c(=O)c1NC(=O)c1ccc(F)cc1. The van der Waals surface area contributed by atoms with Crippen LogP contribution in [0.2, 0.25) is 0 Å². The van der Waals surface area contributed by atoms with Crippen molar-refractivity contribution < 1.29 is 27.2 Å². The van der Waals surface area contributed by atoms with Gasteiger partial charge in [0.05, 0.1) is 17.0 Å². The number of aromatic amines is 1. The lowest BCUT2D eigenvalue weighted by Gasteiger charge is -2.13. The Hall–Kier alpha value is -3.87. The average molecular weight is 481 g/mol. The van der Waals surface area contributed by atoms with Crippen molar-refractivity contribution in [2.45, 2.75) is 11.3 Å². The normalized spacial score (nSPS) is 11.2. The second-order valence-electron chi connectivity index (χ2n) is 6.47. The summed E-state index contributed by atoms with van der Waals surface area (Å²) in [6.07, 6.45) is -4.65. The van der Waals surface area contributed by atoms with Gasteiger partial charge < -0.3 is 16.4 Å². The average Bonchev–Trinajstić information content (AvgIpc) is 2.75. The van der Waals surface area contributed by atoms with Crippen molar-refractivity contribution in [1.82, 2.24) is 9.97 Å². The third-order valence-corrected chi connectivity index (χ3v) is 4.99. The molecule has 8 nitrogen and oxygen atoms in total. The monoisotopic (exact) mass is 481 g/mol. The van der Waals surface area contributed by atoms with Gasteiger partial charge in [0.1, 0.15) is 11.5 Å². The molecule has 0 bridgehead atoms. The van der Waals surface area contributed by atoms with E-state index in [-0.39, 0.29) is 28.0 Å². The Morgan fingerprint density at radius 3 is 2.36 bits per heavy atom. The van der Waals surface area contributed by atoms with Crippen molar-refractivity contribution in [3.05, 3.63) is 75.8 Å². The van der Waals surface area contributed by atoms with Gasteiger partial charge >= 0.3 is 6.18 Å². The number of nitrogens with zero attached hydrogens (tertiary/aromatic N) is 1. The molecule has 0 saturated heterocycles. The van der Waals surface area contributed by atoms with Crippen LogP contribution >= 0.6 is 11.8 Å². The first-order valence-corrected chi connectivity index (χ1v) is 10.1. The number of carbonyl (C=O) groups is 2. The zero-order chi connectivity index (χ0) is 24.2. The van der Waals surface area contributed by atoms with Gasteiger partial charge in [-0.15, -0.1) is 0 Å². The van der Waals surface area contributed by atoms with Crippen LogP contribution in [0, 0.1) is 5.82 Å². The molecule has 13 heteroatoms. The summed E-state index contributed by atoms with van der Waals surface area (Å²) in [5, 5.41) is 4.35. The maximum Gasteiger partial charge on any atom is 0.418 e. The topological polar surface area (TPSA) is 130 Å². The number of H-pyrrole nitrogens is 1. The van der Waals surface area contributed by atoms with E-state index in [0.29, 0.717) is 0 Å². The fourth-order valence-corrected chi connectivity index (χ4v) is 3.27. The molecule has 3 aromatic rings. The number of amides is 2. The summed E-state index contributed by atoms with van der Waals surface area (Å²) >= 11 is 0.721. The molecule has 0 atom stereocenters. The van der Waals surface area contributed by atoms with Crippen molar-refractivity contribution in [3.8, 4) is 0 Å². The van der Waals surface area contributed by atoms with Gasteiger partial charge in [-0.1, -0.05) is 23.9 Å². The van der Waals surface area contributed by atoms with E-state index >= 15 is 0 Å². The molecule has 0 fully saturated rings. The molecule has 0 radical (unpaired) electrons. The molecule has 0 aliphatic carbocycles. The molecule has 0 spiro atoms. The van der Waals surface area contributed by atoms with Crippen molar-refractivity contribution in [2.75, 3.05) is 22.1 Å². The van der Waals surface area contributed by atoms with Crippen molar-refractivity contribution in [2.24, 2.45) is 0 Å². The molecule has 5 N–H and O–H groups in total. The fraction of sp³-hybridized carbons (Fsp3) is 0.100. The van der Waals surface area contributed by atoms with Crippen molar-refractivity contribution in [3.63, 3.8) is 0 Å². The predicted octanol–water partition coefficient (Wildman–Crippen LogP) is 3.49. The van der Waals surface area contributed by atoms with Crippen LogP contribution in [0.3, 0.4) is 0 Å². The molecule has 0 saturated carbocycles. The molecular weight excluding hydrogens is 466 g/mol. The first-order valence-electron chi connectivity index (χ1n) is 9.10. The van der Waals surface area contributed by atoms with E-state index < -0.39 is 40.6 Å². The van der Waals surface area contributed by atoms with Crippen LogP contribution in [-0.4, -0.2) is 27.5 Å². The Morgan fingerprint density at radius 1 is 1.06 bits per heavy atom. The Balaban J connectivity index is 1.66. The van der Waals surface area contributed by atoms with Gasteiger partial charge in [0.25, 0.3) is 11.5 Å². The highest BCUT2D eigenvalue weighted by atomic mass is 32.2. The molecule has 0 aliphatic rings. The maximum atomic E-state index is 13.0. The quantitative estimate of drug-likeness (QED) is 0.242. The maximum absolute atomic E-state index is 13.0. The zero-order valence-corrected chi connectivity index (χ0v) is 17.3. The van der Waals surface area contributed by atoms with E-state index in [0.717, 1.165) is 36.0 Å². The number of carbonyl (C=O) groups excluding carboxylic acids is 2. The highest BCUT2D eigenvalue weighted by molar-refractivity contribution is 7.99. The minimum absolute atomic E-state index is 0.0736. The van der Waals surface area contributed by atoms with Crippen LogP contribution in [0.15, 0.2) is 58.5 Å². The summed E-state index contributed by atoms with van der Waals surface area (Å²) in [6, 6.07) is 9.04. The molecule has 1 heterocycles. The number of nitrogens with one attached hydrogen (secondary N) is 3. The van der Waals surface area contributed by atoms with Gasteiger partial charge in [-0.2, -0.15) is 13.2 Å². The molecule has 0 unspecified atom stereocenters. The van der Waals surface area contributed by atoms with E-state index in [4.69, 9.17) is 5.73 Å². The third-order valence-electron chi connectivity index (χ3n) is 4.12. The number of benzene rings is 2. The largest absolute Gasteiger partial charge is 0.418 e. The molecule has 3 rings (SSSR count). The van der Waals surface area contributed by atoms with Crippen molar-refractivity contribution in [1.29, 1.82) is 0 Å². The first kappa shape index (κ1) is 23.8. The molecule has 2 aromatic carbocycles. The Labute approximate surface area is 187 Å². The minimum Gasteiger partial charge on any atom is -0.382 e. The number of nitrogens with two attached hydrogens (primary N) is 1. The summed E-state index contributed by atoms with van der Waals surface area (Å²) in [7, 11) is 0. The van der Waals surface area contributed by atoms with Crippen molar-refractivity contribution >= 4 is 40.8 Å². The molecule has 0 aliphatic heterocycles. The molecule has 1 aromatic heterocycles. The number of thioether (sulfide) groups is 1. The number of rotatable bonds is 6. The van der Waals surface area contributed by atoms with Gasteiger partial charge in [-0.25, -0.2) is 9.37 Å². The number of hydrogen-bond donors (Lipinski definition) is 4. The highest BCUT2D eigenvalue weighted by Gasteiger charge is 2.33. The zero-order valence-electron chi connectivity index (χ0n) is 16.5. The molecule has 2 amide bonds. The number of nitrogen functional groups attached to an aromatic ring is 1. The summed E-state index contributed by atoms with van der Waals surface area (Å²) in [6.45, 7) is 0. The second kappa shape index (κ2) is 9.73. The summed E-state index contributed by atoms with van der Waals surface area (Å²) in [4.78, 5) is 42.8. The number of halogens is 4. The van der Waals surface area contributed by atoms with Gasteiger partial charge in [0, 0.05) is 5.56 Å². The van der Waals surface area contributed by atoms with Crippen LogP contribution < -0.4 is 21.9 Å². The van der Waals surface area contributed by atoms with Crippen LogP contribution in [-0.2, 0) is 11.0 Å². The van der Waals surface area contributed by atoms with Crippen LogP contribution in [0.5, 0.6) is 0 Å². The van der Waals surface area contributed by atoms with Crippen LogP contribution in [0.1, 0.15) is 15.9 Å². The smallest absolute Gasteiger partial charge is 0.382 e. The second-order valence-corrected chi connectivity index (χ2v) is 7.44. The van der Waals surface area contributed by atoms with E-state index in [1.165, 1.54) is 24.3 Å². The molecule has 33 heavy (non-hydrogen) atoms. The van der Waals surface area contributed by atoms with E-state index in [2.05, 4.69) is 20.6 Å². The summed E-state index contributed by atoms with van der Waals surface area (Å²) < 4.78 is 52.1. The summed E-state index contributed by atoms with van der Waals surface area (Å²) in [5.74, 6) is -2.77. The lowest BCUT2D eigenvalue weighted by atomic mass is 10.1. The molecule has 172 valence electrons. The molecular formula is C20H15F4N5O3S. The predicted molar refractivity (Wildman–Crippen MR) is 114 cm³/mol. The number of aromatic nitrogens is 2.